The number of anilines is 1. The molecule has 7 nitrogen and oxygen atoms in total. The van der Waals surface area contributed by atoms with Gasteiger partial charge in [0.1, 0.15) is 17.3 Å². The van der Waals surface area contributed by atoms with Crippen molar-refractivity contribution < 1.29 is 14.3 Å². The van der Waals surface area contributed by atoms with Crippen LogP contribution in [0.5, 0.6) is 11.5 Å². The van der Waals surface area contributed by atoms with E-state index >= 15 is 0 Å². The van der Waals surface area contributed by atoms with Crippen LogP contribution >= 0.6 is 11.3 Å². The lowest BCUT2D eigenvalue weighted by molar-refractivity contribution is -0.118. The largest absolute Gasteiger partial charge is 0.494 e. The van der Waals surface area contributed by atoms with Crippen molar-refractivity contribution >= 4 is 33.8 Å². The van der Waals surface area contributed by atoms with Crippen LogP contribution in [0.3, 0.4) is 0 Å². The Kier molecular flexibility index (Phi) is 6.45. The summed E-state index contributed by atoms with van der Waals surface area (Å²) in [6, 6.07) is 23.4. The highest BCUT2D eigenvalue weighted by atomic mass is 32.1. The molecule has 2 aromatic heterocycles. The predicted molar refractivity (Wildman–Crippen MR) is 139 cm³/mol. The molecule has 35 heavy (non-hydrogen) atoms. The van der Waals surface area contributed by atoms with Crippen molar-refractivity contribution in [2.45, 2.75) is 13.8 Å². The number of thiazole rings is 1. The van der Waals surface area contributed by atoms with Crippen molar-refractivity contribution in [1.29, 1.82) is 0 Å². The maximum atomic E-state index is 12.6. The van der Waals surface area contributed by atoms with Crippen LogP contribution in [0.1, 0.15) is 12.6 Å². The number of ether oxygens (including phenoxy) is 2. The number of benzene rings is 3. The number of fused-ring (bicyclic) bond motifs is 1. The lowest BCUT2D eigenvalue weighted by atomic mass is 10.1. The van der Waals surface area contributed by atoms with Crippen LogP contribution in [0.25, 0.3) is 27.2 Å². The van der Waals surface area contributed by atoms with Crippen LogP contribution in [0.2, 0.25) is 0 Å². The van der Waals surface area contributed by atoms with Crippen molar-refractivity contribution in [3.05, 3.63) is 83.9 Å². The van der Waals surface area contributed by atoms with Gasteiger partial charge in [-0.15, -0.1) is 11.3 Å². The van der Waals surface area contributed by atoms with Crippen LogP contribution in [0, 0.1) is 6.92 Å². The van der Waals surface area contributed by atoms with Crippen LogP contribution in [0.15, 0.2) is 78.2 Å². The summed E-state index contributed by atoms with van der Waals surface area (Å²) in [5, 5.41) is 12.2. The van der Waals surface area contributed by atoms with Gasteiger partial charge in [-0.2, -0.15) is 9.78 Å². The van der Waals surface area contributed by atoms with E-state index in [9.17, 15) is 4.79 Å². The molecule has 0 saturated heterocycles. The van der Waals surface area contributed by atoms with Crippen molar-refractivity contribution in [3.63, 3.8) is 0 Å². The summed E-state index contributed by atoms with van der Waals surface area (Å²) < 4.78 is 12.9. The number of aromatic nitrogens is 3. The monoisotopic (exact) mass is 484 g/mol. The molecule has 1 N–H and O–H groups in total. The average Bonchev–Trinajstić information content (AvgIpc) is 3.50. The molecule has 0 unspecified atom stereocenters. The summed E-state index contributed by atoms with van der Waals surface area (Å²) in [6.07, 6.45) is 0. The minimum atomic E-state index is -0.275. The molecule has 0 aliphatic carbocycles. The Hall–Kier alpha value is -4.17. The van der Waals surface area contributed by atoms with Gasteiger partial charge in [0.25, 0.3) is 5.91 Å². The summed E-state index contributed by atoms with van der Waals surface area (Å²) in [7, 11) is 0. The highest BCUT2D eigenvalue weighted by Crippen LogP contribution is 2.28. The van der Waals surface area contributed by atoms with Gasteiger partial charge in [-0.05, 0) is 61.0 Å². The highest BCUT2D eigenvalue weighted by molar-refractivity contribution is 7.12. The third kappa shape index (κ3) is 5.17. The van der Waals surface area contributed by atoms with Crippen molar-refractivity contribution in [2.24, 2.45) is 0 Å². The minimum absolute atomic E-state index is 0.113. The summed E-state index contributed by atoms with van der Waals surface area (Å²) >= 11 is 1.45. The zero-order chi connectivity index (χ0) is 24.2. The van der Waals surface area contributed by atoms with Gasteiger partial charge in [0.15, 0.2) is 6.61 Å². The van der Waals surface area contributed by atoms with Gasteiger partial charge in [-0.25, -0.2) is 4.98 Å². The van der Waals surface area contributed by atoms with E-state index in [0.717, 1.165) is 33.5 Å². The molecular formula is C27H24N4O3S. The number of aryl methyl sites for hydroxylation is 1. The summed E-state index contributed by atoms with van der Waals surface area (Å²) in [5.74, 6) is 1.73. The average molecular weight is 485 g/mol. The second kappa shape index (κ2) is 9.99. The number of hydrogen-bond donors (Lipinski definition) is 1. The molecule has 0 fully saturated rings. The Labute approximate surface area is 207 Å². The zero-order valence-electron chi connectivity index (χ0n) is 19.4. The smallest absolute Gasteiger partial charge is 0.263 e. The molecule has 3 aromatic carbocycles. The van der Waals surface area contributed by atoms with Gasteiger partial charge in [0.05, 0.1) is 18.0 Å². The lowest BCUT2D eigenvalue weighted by Gasteiger charge is -2.09. The van der Waals surface area contributed by atoms with E-state index in [-0.39, 0.29) is 12.5 Å². The third-order valence-corrected chi connectivity index (χ3v) is 6.14. The number of rotatable bonds is 8. The van der Waals surface area contributed by atoms with E-state index in [0.29, 0.717) is 23.3 Å². The van der Waals surface area contributed by atoms with Crippen LogP contribution in [-0.4, -0.2) is 33.9 Å². The molecule has 0 bridgehead atoms. The molecule has 0 aliphatic heterocycles. The first-order valence-electron chi connectivity index (χ1n) is 11.3. The number of hydrogen-bond acceptors (Lipinski definition) is 6. The Morgan fingerprint density at radius 3 is 2.54 bits per heavy atom. The molecule has 176 valence electrons. The number of carbonyl (C=O) groups is 1. The molecule has 1 amide bonds. The van der Waals surface area contributed by atoms with Gasteiger partial charge < -0.3 is 14.8 Å². The first-order chi connectivity index (χ1) is 17.1. The molecule has 8 heteroatoms. The summed E-state index contributed by atoms with van der Waals surface area (Å²) in [4.78, 5) is 17.4. The first-order valence-corrected chi connectivity index (χ1v) is 12.1. The normalized spacial score (nSPS) is 10.9. The zero-order valence-corrected chi connectivity index (χ0v) is 20.2. The predicted octanol–water partition coefficient (Wildman–Crippen LogP) is 5.87. The van der Waals surface area contributed by atoms with E-state index in [1.165, 1.54) is 11.3 Å². The fourth-order valence-electron chi connectivity index (χ4n) is 3.70. The second-order valence-corrected chi connectivity index (χ2v) is 8.74. The van der Waals surface area contributed by atoms with Crippen molar-refractivity contribution in [1.82, 2.24) is 14.8 Å². The number of carbonyl (C=O) groups excluding carboxylic acids is 1. The van der Waals surface area contributed by atoms with E-state index in [1.54, 1.807) is 4.68 Å². The molecule has 0 atom stereocenters. The fourth-order valence-corrected chi connectivity index (χ4v) is 4.50. The van der Waals surface area contributed by atoms with Crippen LogP contribution < -0.4 is 14.8 Å². The standard InChI is InChI=1S/C27H24N4O3S/c1-3-33-22-11-9-20(10-12-22)24-17-35-27(28-24)31-25(14-18(2)30-31)29-26(32)16-34-23-13-8-19-6-4-5-7-21(19)15-23/h4-15,17H,3,16H2,1-2H3,(H,29,32). The molecule has 0 saturated carbocycles. The molecule has 0 radical (unpaired) electrons. The Bertz CT molecular complexity index is 1470. The molecule has 0 aliphatic rings. The quantitative estimate of drug-likeness (QED) is 0.298. The Morgan fingerprint density at radius 1 is 0.971 bits per heavy atom. The van der Waals surface area contributed by atoms with Crippen molar-refractivity contribution in [3.8, 4) is 27.9 Å². The van der Waals surface area contributed by atoms with Gasteiger partial charge in [-0.1, -0.05) is 30.3 Å². The van der Waals surface area contributed by atoms with E-state index in [4.69, 9.17) is 14.5 Å². The second-order valence-electron chi connectivity index (χ2n) is 7.90. The van der Waals surface area contributed by atoms with E-state index in [2.05, 4.69) is 10.4 Å². The topological polar surface area (TPSA) is 78.3 Å². The molecular weight excluding hydrogens is 460 g/mol. The Balaban J connectivity index is 1.27. The van der Waals surface area contributed by atoms with Crippen LogP contribution in [-0.2, 0) is 4.79 Å². The van der Waals surface area contributed by atoms with Crippen molar-refractivity contribution in [2.75, 3.05) is 18.5 Å². The van der Waals surface area contributed by atoms with E-state index < -0.39 is 0 Å². The summed E-state index contributed by atoms with van der Waals surface area (Å²) in [6.45, 7) is 4.34. The number of amides is 1. The van der Waals surface area contributed by atoms with Gasteiger partial charge in [-0.3, -0.25) is 4.79 Å². The SMILES string of the molecule is CCOc1ccc(-c2csc(-n3nc(C)cc3NC(=O)COc3ccc4ccccc4c3)n2)cc1. The number of nitrogens with one attached hydrogen (secondary N) is 1. The van der Waals surface area contributed by atoms with E-state index in [1.807, 2.05) is 92.0 Å². The first kappa shape index (κ1) is 22.6. The molecule has 5 rings (SSSR count). The van der Waals surface area contributed by atoms with Crippen LogP contribution in [0.4, 0.5) is 5.82 Å². The maximum absolute atomic E-state index is 12.6. The molecule has 0 spiro atoms. The van der Waals surface area contributed by atoms with Gasteiger partial charge in [0, 0.05) is 17.0 Å². The number of nitrogens with zero attached hydrogens (tertiary/aromatic N) is 3. The fraction of sp³-hybridized carbons (Fsp3) is 0.148. The highest BCUT2D eigenvalue weighted by Gasteiger charge is 2.15. The maximum Gasteiger partial charge on any atom is 0.263 e. The molecule has 2 heterocycles. The molecule has 5 aromatic rings. The van der Waals surface area contributed by atoms with Gasteiger partial charge >= 0.3 is 0 Å². The third-order valence-electron chi connectivity index (χ3n) is 5.32. The summed E-state index contributed by atoms with van der Waals surface area (Å²) in [5.41, 5.74) is 2.58. The minimum Gasteiger partial charge on any atom is -0.494 e. The van der Waals surface area contributed by atoms with Gasteiger partial charge in [0.2, 0.25) is 5.13 Å². The lowest BCUT2D eigenvalue weighted by Crippen LogP contribution is -2.21. The Morgan fingerprint density at radius 2 is 1.74 bits per heavy atom.